The van der Waals surface area contributed by atoms with Crippen molar-refractivity contribution in [3.05, 3.63) is 64.1 Å². The maximum Gasteiger partial charge on any atom is 0.231 e. The van der Waals surface area contributed by atoms with Gasteiger partial charge in [-0.2, -0.15) is 0 Å². The summed E-state index contributed by atoms with van der Waals surface area (Å²) < 4.78 is 2.18. The molecule has 1 atom stereocenters. The molecule has 0 bridgehead atoms. The van der Waals surface area contributed by atoms with Gasteiger partial charge in [0.1, 0.15) is 5.82 Å². The lowest BCUT2D eigenvalue weighted by Crippen LogP contribution is -2.42. The van der Waals surface area contributed by atoms with Crippen LogP contribution < -0.4 is 5.32 Å². The molecule has 1 aromatic carbocycles. The van der Waals surface area contributed by atoms with Crippen LogP contribution in [0.3, 0.4) is 0 Å². The first-order valence-electron chi connectivity index (χ1n) is 10.0. The minimum absolute atomic E-state index is 0.0448. The van der Waals surface area contributed by atoms with Crippen LogP contribution in [0, 0.1) is 0 Å². The minimum atomic E-state index is -0.517. The Hall–Kier alpha value is -2.45. The maximum atomic E-state index is 12.5. The number of thiophene rings is 1. The lowest BCUT2D eigenvalue weighted by atomic mass is 10.0. The van der Waals surface area contributed by atoms with Gasteiger partial charge in [0.25, 0.3) is 0 Å². The standard InChI is InChI=1S/C22H24N4O2S2/c1-15(27)19(12-16-6-3-2-4-7-16)23-21(28)14-30-22-25-24-20(26(22)17-9-10-17)13-18-8-5-11-29-18/h2-8,11,17,19H,9-10,12-14H2,1H3,(H,23,28). The van der Waals surface area contributed by atoms with Gasteiger partial charge >= 0.3 is 0 Å². The molecule has 1 aliphatic rings. The summed E-state index contributed by atoms with van der Waals surface area (Å²) in [7, 11) is 0. The van der Waals surface area contributed by atoms with Crippen molar-refractivity contribution >= 4 is 34.8 Å². The Morgan fingerprint density at radius 1 is 1.20 bits per heavy atom. The van der Waals surface area contributed by atoms with E-state index in [2.05, 4.69) is 31.5 Å². The van der Waals surface area contributed by atoms with E-state index in [0.29, 0.717) is 12.5 Å². The van der Waals surface area contributed by atoms with Gasteiger partial charge in [0, 0.05) is 17.3 Å². The quantitative estimate of drug-likeness (QED) is 0.487. The molecule has 30 heavy (non-hydrogen) atoms. The molecule has 1 saturated carbocycles. The second-order valence-electron chi connectivity index (χ2n) is 7.47. The molecular formula is C22H24N4O2S2. The number of rotatable bonds is 10. The number of ketones is 1. The summed E-state index contributed by atoms with van der Waals surface area (Å²) in [6, 6.07) is 13.8. The first-order chi connectivity index (χ1) is 14.6. The van der Waals surface area contributed by atoms with Crippen LogP contribution >= 0.6 is 23.1 Å². The number of nitrogens with zero attached hydrogens (tertiary/aromatic N) is 3. The van der Waals surface area contributed by atoms with E-state index < -0.39 is 6.04 Å². The highest BCUT2D eigenvalue weighted by Crippen LogP contribution is 2.39. The molecule has 1 aliphatic carbocycles. The third kappa shape index (κ3) is 5.37. The van der Waals surface area contributed by atoms with Crippen molar-refractivity contribution in [2.24, 2.45) is 0 Å². The molecule has 1 fully saturated rings. The maximum absolute atomic E-state index is 12.5. The average Bonchev–Trinajstić information content (AvgIpc) is 3.29. The smallest absolute Gasteiger partial charge is 0.231 e. The van der Waals surface area contributed by atoms with Crippen LogP contribution in [-0.4, -0.2) is 38.2 Å². The van der Waals surface area contributed by atoms with Crippen LogP contribution in [0.5, 0.6) is 0 Å². The summed E-state index contributed by atoms with van der Waals surface area (Å²) in [5, 5.41) is 14.5. The van der Waals surface area contributed by atoms with Crippen LogP contribution in [0.25, 0.3) is 0 Å². The fraction of sp³-hybridized carbons (Fsp3) is 0.364. The average molecular weight is 441 g/mol. The van der Waals surface area contributed by atoms with Gasteiger partial charge in [-0.1, -0.05) is 48.2 Å². The van der Waals surface area contributed by atoms with Crippen LogP contribution in [0.2, 0.25) is 0 Å². The SMILES string of the molecule is CC(=O)C(Cc1ccccc1)NC(=O)CSc1nnc(Cc2cccs2)n1C1CC1. The van der Waals surface area contributed by atoms with Crippen molar-refractivity contribution in [3.63, 3.8) is 0 Å². The molecule has 4 rings (SSSR count). The molecule has 2 heterocycles. The van der Waals surface area contributed by atoms with Crippen LogP contribution in [0.4, 0.5) is 0 Å². The highest BCUT2D eigenvalue weighted by atomic mass is 32.2. The predicted molar refractivity (Wildman–Crippen MR) is 119 cm³/mol. The van der Waals surface area contributed by atoms with Gasteiger partial charge < -0.3 is 9.88 Å². The number of hydrogen-bond donors (Lipinski definition) is 1. The molecule has 2 aromatic heterocycles. The first kappa shape index (κ1) is 20.8. The molecule has 1 unspecified atom stereocenters. The van der Waals surface area contributed by atoms with Crippen molar-refractivity contribution in [3.8, 4) is 0 Å². The van der Waals surface area contributed by atoms with Crippen molar-refractivity contribution in [2.75, 3.05) is 5.75 Å². The Balaban J connectivity index is 1.37. The summed E-state index contributed by atoms with van der Waals surface area (Å²) >= 11 is 3.10. The molecule has 156 valence electrons. The summed E-state index contributed by atoms with van der Waals surface area (Å²) in [5.74, 6) is 0.953. The second kappa shape index (κ2) is 9.57. The van der Waals surface area contributed by atoms with Crippen molar-refractivity contribution in [1.82, 2.24) is 20.1 Å². The van der Waals surface area contributed by atoms with Crippen molar-refractivity contribution < 1.29 is 9.59 Å². The number of amides is 1. The zero-order chi connectivity index (χ0) is 20.9. The van der Waals surface area contributed by atoms with E-state index in [0.717, 1.165) is 35.8 Å². The van der Waals surface area contributed by atoms with Gasteiger partial charge in [-0.25, -0.2) is 0 Å². The van der Waals surface area contributed by atoms with Crippen LogP contribution in [0.1, 0.15) is 42.1 Å². The molecule has 1 amide bonds. The summed E-state index contributed by atoms with van der Waals surface area (Å²) in [6.45, 7) is 1.52. The molecule has 1 N–H and O–H groups in total. The molecule has 0 radical (unpaired) electrons. The number of benzene rings is 1. The van der Waals surface area contributed by atoms with E-state index in [1.165, 1.54) is 23.6 Å². The zero-order valence-corrected chi connectivity index (χ0v) is 18.4. The van der Waals surface area contributed by atoms with E-state index in [9.17, 15) is 9.59 Å². The van der Waals surface area contributed by atoms with Gasteiger partial charge in [0.2, 0.25) is 5.91 Å². The third-order valence-electron chi connectivity index (χ3n) is 5.00. The zero-order valence-electron chi connectivity index (χ0n) is 16.8. The summed E-state index contributed by atoms with van der Waals surface area (Å²) in [6.07, 6.45) is 3.50. The van der Waals surface area contributed by atoms with E-state index in [-0.39, 0.29) is 17.4 Å². The number of aromatic nitrogens is 3. The monoisotopic (exact) mass is 440 g/mol. The molecule has 0 aliphatic heterocycles. The first-order valence-corrected chi connectivity index (χ1v) is 11.9. The van der Waals surface area contributed by atoms with Crippen molar-refractivity contribution in [1.29, 1.82) is 0 Å². The molecule has 0 saturated heterocycles. The van der Waals surface area contributed by atoms with E-state index in [1.54, 1.807) is 11.3 Å². The van der Waals surface area contributed by atoms with Gasteiger partial charge in [0.05, 0.1) is 11.8 Å². The van der Waals surface area contributed by atoms with Gasteiger partial charge in [-0.3, -0.25) is 9.59 Å². The topological polar surface area (TPSA) is 76.9 Å². The molecule has 8 heteroatoms. The number of Topliss-reactive ketones (excluding diaryl/α,β-unsaturated/α-hetero) is 1. The van der Waals surface area contributed by atoms with Crippen molar-refractivity contribution in [2.45, 2.75) is 49.8 Å². The Morgan fingerprint density at radius 2 is 2.00 bits per heavy atom. The molecular weight excluding hydrogens is 416 g/mol. The largest absolute Gasteiger partial charge is 0.345 e. The van der Waals surface area contributed by atoms with Crippen LogP contribution in [0.15, 0.2) is 53.0 Å². The fourth-order valence-electron chi connectivity index (χ4n) is 3.31. The highest BCUT2D eigenvalue weighted by molar-refractivity contribution is 7.99. The fourth-order valence-corrected chi connectivity index (χ4v) is 4.84. The number of carbonyl (C=O) groups excluding carboxylic acids is 2. The van der Waals surface area contributed by atoms with Gasteiger partial charge in [0.15, 0.2) is 10.9 Å². The highest BCUT2D eigenvalue weighted by Gasteiger charge is 2.30. The van der Waals surface area contributed by atoms with E-state index >= 15 is 0 Å². The van der Waals surface area contributed by atoms with Gasteiger partial charge in [-0.05, 0) is 43.2 Å². The number of thioether (sulfide) groups is 1. The number of hydrogen-bond acceptors (Lipinski definition) is 6. The Morgan fingerprint density at radius 3 is 2.67 bits per heavy atom. The van der Waals surface area contributed by atoms with Crippen LogP contribution in [-0.2, 0) is 22.4 Å². The summed E-state index contributed by atoms with van der Waals surface area (Å²) in [4.78, 5) is 25.8. The normalized spacial score (nSPS) is 14.4. The van der Waals surface area contributed by atoms with Gasteiger partial charge in [-0.15, -0.1) is 21.5 Å². The Kier molecular flexibility index (Phi) is 6.64. The Labute approximate surface area is 184 Å². The number of carbonyl (C=O) groups is 2. The molecule has 3 aromatic rings. The van der Waals surface area contributed by atoms with E-state index in [4.69, 9.17) is 0 Å². The summed E-state index contributed by atoms with van der Waals surface area (Å²) in [5.41, 5.74) is 1.03. The van der Waals surface area contributed by atoms with E-state index in [1.807, 2.05) is 36.4 Å². The Bertz CT molecular complexity index is 998. The predicted octanol–water partition coefficient (Wildman–Crippen LogP) is 3.67. The minimum Gasteiger partial charge on any atom is -0.345 e. The molecule has 0 spiro atoms. The molecule has 6 nitrogen and oxygen atoms in total. The number of nitrogens with one attached hydrogen (secondary N) is 1. The third-order valence-corrected chi connectivity index (χ3v) is 6.82. The lowest BCUT2D eigenvalue weighted by molar-refractivity contribution is -0.125. The lowest BCUT2D eigenvalue weighted by Gasteiger charge is -2.16. The second-order valence-corrected chi connectivity index (χ2v) is 9.44.